The second-order valence-corrected chi connectivity index (χ2v) is 6.56. The summed E-state index contributed by atoms with van der Waals surface area (Å²) in [6.07, 6.45) is 9.40. The number of hydrogen-bond donors (Lipinski definition) is 1. The first kappa shape index (κ1) is 9.98. The van der Waals surface area contributed by atoms with E-state index in [0.29, 0.717) is 5.95 Å². The van der Waals surface area contributed by atoms with Crippen molar-refractivity contribution < 1.29 is 0 Å². The van der Waals surface area contributed by atoms with Crippen LogP contribution in [0.4, 0.5) is 5.95 Å². The van der Waals surface area contributed by atoms with Crippen molar-refractivity contribution in [1.82, 2.24) is 9.55 Å². The minimum atomic E-state index is 0.675. The van der Waals surface area contributed by atoms with Crippen LogP contribution in [0, 0.1) is 23.7 Å². The van der Waals surface area contributed by atoms with Crippen LogP contribution in [-0.2, 0) is 7.05 Å². The van der Waals surface area contributed by atoms with Gasteiger partial charge in [-0.25, -0.2) is 4.98 Å². The van der Waals surface area contributed by atoms with Gasteiger partial charge >= 0.3 is 0 Å². The van der Waals surface area contributed by atoms with Crippen molar-refractivity contribution in [2.75, 3.05) is 5.73 Å². The molecule has 4 saturated carbocycles. The predicted octanol–water partition coefficient (Wildman–Crippen LogP) is 2.54. The molecule has 0 amide bonds. The summed E-state index contributed by atoms with van der Waals surface area (Å²) in [5, 5.41) is 0. The van der Waals surface area contributed by atoms with Crippen LogP contribution in [0.2, 0.25) is 0 Å². The predicted molar refractivity (Wildman–Crippen MR) is 67.4 cm³/mol. The van der Waals surface area contributed by atoms with Crippen molar-refractivity contribution in [3.8, 4) is 0 Å². The SMILES string of the molecule is Cn1c(C2C3CC4CC(C3)CC2C4)cnc1N. The molecule has 4 bridgehead atoms. The quantitative estimate of drug-likeness (QED) is 0.807. The van der Waals surface area contributed by atoms with Gasteiger partial charge in [0.15, 0.2) is 5.95 Å². The van der Waals surface area contributed by atoms with Gasteiger partial charge in [-0.3, -0.25) is 0 Å². The Kier molecular flexibility index (Phi) is 1.92. The highest BCUT2D eigenvalue weighted by atomic mass is 15.1. The molecule has 0 aliphatic heterocycles. The molecule has 92 valence electrons. The lowest BCUT2D eigenvalue weighted by Gasteiger charge is -2.54. The molecule has 3 nitrogen and oxygen atoms in total. The van der Waals surface area contributed by atoms with Gasteiger partial charge in [0.1, 0.15) is 0 Å². The molecule has 4 aliphatic carbocycles. The van der Waals surface area contributed by atoms with Gasteiger partial charge in [0, 0.05) is 18.7 Å². The second kappa shape index (κ2) is 3.27. The summed E-state index contributed by atoms with van der Waals surface area (Å²) in [7, 11) is 2.07. The number of aromatic nitrogens is 2. The number of hydrogen-bond acceptors (Lipinski definition) is 2. The van der Waals surface area contributed by atoms with E-state index in [1.807, 2.05) is 6.20 Å². The highest BCUT2D eigenvalue weighted by Crippen LogP contribution is 2.59. The van der Waals surface area contributed by atoms with Crippen molar-refractivity contribution in [1.29, 1.82) is 0 Å². The molecule has 1 aromatic heterocycles. The Balaban J connectivity index is 1.73. The summed E-state index contributed by atoms with van der Waals surface area (Å²) >= 11 is 0. The average molecular weight is 231 g/mol. The standard InChI is InChI=1S/C14H21N3/c1-17-12(7-16-14(17)15)13-10-3-8-2-9(5-10)6-11(13)4-8/h7-11,13H,2-6H2,1H3,(H2,15,16). The third kappa shape index (κ3) is 1.31. The fraction of sp³-hybridized carbons (Fsp3) is 0.786. The molecule has 1 aromatic rings. The zero-order valence-electron chi connectivity index (χ0n) is 10.5. The average Bonchev–Trinajstić information content (AvgIpc) is 2.60. The Hall–Kier alpha value is -0.990. The molecule has 1 heterocycles. The molecule has 4 aliphatic rings. The largest absolute Gasteiger partial charge is 0.369 e. The highest BCUT2D eigenvalue weighted by Gasteiger charge is 2.49. The first-order valence-electron chi connectivity index (χ1n) is 6.99. The van der Waals surface area contributed by atoms with E-state index in [1.54, 1.807) is 0 Å². The number of anilines is 1. The number of imidazole rings is 1. The van der Waals surface area contributed by atoms with Gasteiger partial charge in [0.05, 0.1) is 6.20 Å². The summed E-state index contributed by atoms with van der Waals surface area (Å²) in [6.45, 7) is 0. The normalized spacial score (nSPS) is 43.2. The number of nitrogen functional groups attached to an aromatic ring is 1. The maximum atomic E-state index is 5.89. The van der Waals surface area contributed by atoms with Crippen molar-refractivity contribution in [2.24, 2.45) is 30.7 Å². The van der Waals surface area contributed by atoms with Gasteiger partial charge in [0.25, 0.3) is 0 Å². The third-order valence-electron chi connectivity index (χ3n) is 5.63. The van der Waals surface area contributed by atoms with Crippen LogP contribution in [0.25, 0.3) is 0 Å². The fourth-order valence-corrected chi connectivity index (χ4v) is 5.16. The van der Waals surface area contributed by atoms with Gasteiger partial charge in [0.2, 0.25) is 0 Å². The Morgan fingerprint density at radius 3 is 2.18 bits per heavy atom. The molecule has 2 N–H and O–H groups in total. The molecule has 0 spiro atoms. The van der Waals surface area contributed by atoms with Crippen LogP contribution in [0.3, 0.4) is 0 Å². The first-order valence-corrected chi connectivity index (χ1v) is 6.99. The topological polar surface area (TPSA) is 43.8 Å². The number of rotatable bonds is 1. The molecule has 0 atom stereocenters. The van der Waals surface area contributed by atoms with Gasteiger partial charge < -0.3 is 10.3 Å². The van der Waals surface area contributed by atoms with Gasteiger partial charge in [-0.05, 0) is 55.8 Å². The van der Waals surface area contributed by atoms with E-state index in [2.05, 4.69) is 16.6 Å². The summed E-state index contributed by atoms with van der Waals surface area (Å²) in [6, 6.07) is 0. The van der Waals surface area contributed by atoms with Gasteiger partial charge in [-0.2, -0.15) is 0 Å². The molecule has 4 fully saturated rings. The van der Waals surface area contributed by atoms with Crippen LogP contribution in [-0.4, -0.2) is 9.55 Å². The summed E-state index contributed by atoms with van der Waals surface area (Å²) in [4.78, 5) is 4.29. The Bertz CT molecular complexity index is 420. The number of nitrogens with two attached hydrogens (primary N) is 1. The Morgan fingerprint density at radius 2 is 1.71 bits per heavy atom. The molecular weight excluding hydrogens is 210 g/mol. The molecule has 0 radical (unpaired) electrons. The summed E-state index contributed by atoms with van der Waals surface area (Å²) < 4.78 is 2.12. The highest BCUT2D eigenvalue weighted by molar-refractivity contribution is 5.26. The maximum Gasteiger partial charge on any atom is 0.200 e. The van der Waals surface area contributed by atoms with Crippen LogP contribution in [0.1, 0.15) is 43.7 Å². The second-order valence-electron chi connectivity index (χ2n) is 6.56. The Labute approximate surface area is 102 Å². The maximum absolute atomic E-state index is 5.89. The zero-order valence-corrected chi connectivity index (χ0v) is 10.5. The van der Waals surface area contributed by atoms with Crippen LogP contribution in [0.15, 0.2) is 6.20 Å². The van der Waals surface area contributed by atoms with Crippen LogP contribution >= 0.6 is 0 Å². The van der Waals surface area contributed by atoms with E-state index < -0.39 is 0 Å². The molecule has 5 rings (SSSR count). The Morgan fingerprint density at radius 1 is 1.12 bits per heavy atom. The minimum Gasteiger partial charge on any atom is -0.369 e. The van der Waals surface area contributed by atoms with Crippen LogP contribution < -0.4 is 5.73 Å². The van der Waals surface area contributed by atoms with Crippen molar-refractivity contribution in [2.45, 2.75) is 38.0 Å². The minimum absolute atomic E-state index is 0.675. The molecular formula is C14H21N3. The molecule has 0 aromatic carbocycles. The van der Waals surface area contributed by atoms with E-state index in [9.17, 15) is 0 Å². The van der Waals surface area contributed by atoms with E-state index in [0.717, 1.165) is 29.6 Å². The fourth-order valence-electron chi connectivity index (χ4n) is 5.16. The van der Waals surface area contributed by atoms with E-state index in [1.165, 1.54) is 37.8 Å². The van der Waals surface area contributed by atoms with Gasteiger partial charge in [-0.1, -0.05) is 0 Å². The molecule has 0 unspecified atom stereocenters. The van der Waals surface area contributed by atoms with Crippen molar-refractivity contribution in [3.05, 3.63) is 11.9 Å². The molecule has 17 heavy (non-hydrogen) atoms. The van der Waals surface area contributed by atoms with E-state index in [-0.39, 0.29) is 0 Å². The van der Waals surface area contributed by atoms with Crippen molar-refractivity contribution in [3.63, 3.8) is 0 Å². The van der Waals surface area contributed by atoms with E-state index in [4.69, 9.17) is 5.73 Å². The summed E-state index contributed by atoms with van der Waals surface area (Å²) in [5.41, 5.74) is 7.28. The lowest BCUT2D eigenvalue weighted by molar-refractivity contribution is -0.00498. The monoisotopic (exact) mass is 231 g/mol. The zero-order chi connectivity index (χ0) is 11.6. The smallest absolute Gasteiger partial charge is 0.200 e. The lowest BCUT2D eigenvalue weighted by Crippen LogP contribution is -2.44. The van der Waals surface area contributed by atoms with Crippen molar-refractivity contribution >= 4 is 5.95 Å². The summed E-state index contributed by atoms with van der Waals surface area (Å²) in [5.74, 6) is 5.34. The van der Waals surface area contributed by atoms with Gasteiger partial charge in [-0.15, -0.1) is 0 Å². The van der Waals surface area contributed by atoms with Crippen LogP contribution in [0.5, 0.6) is 0 Å². The molecule has 0 saturated heterocycles. The lowest BCUT2D eigenvalue weighted by atomic mass is 9.51. The van der Waals surface area contributed by atoms with E-state index >= 15 is 0 Å². The third-order valence-corrected chi connectivity index (χ3v) is 5.63. The first-order chi connectivity index (χ1) is 8.22. The number of nitrogens with zero attached hydrogens (tertiary/aromatic N) is 2. The molecule has 3 heteroatoms.